The van der Waals surface area contributed by atoms with Gasteiger partial charge in [0.15, 0.2) is 28.7 Å². The number of nitrogens with zero attached hydrogens (tertiary/aromatic N) is 6. The molecule has 4 aromatic rings. The maximum atomic E-state index is 13.4. The molecule has 3 atom stereocenters. The van der Waals surface area contributed by atoms with E-state index < -0.39 is 22.7 Å². The Morgan fingerprint density at radius 1 is 1.17 bits per heavy atom. The molecule has 0 radical (unpaired) electrons. The highest BCUT2D eigenvalue weighted by molar-refractivity contribution is 7.93. The minimum atomic E-state index is -1.73. The third-order valence-corrected chi connectivity index (χ3v) is 6.41. The molecular formula is C23H23N7O4S. The maximum absolute atomic E-state index is 13.4. The second-order valence-corrected chi connectivity index (χ2v) is 9.00. The normalized spacial score (nSPS) is 13.5. The van der Waals surface area contributed by atoms with Gasteiger partial charge in [-0.15, -0.1) is 10.2 Å². The van der Waals surface area contributed by atoms with Crippen LogP contribution < -0.4 is 9.46 Å². The monoisotopic (exact) mass is 493 g/mol. The summed E-state index contributed by atoms with van der Waals surface area (Å²) < 4.78 is 28.7. The van der Waals surface area contributed by atoms with E-state index in [2.05, 4.69) is 42.0 Å². The van der Waals surface area contributed by atoms with Crippen molar-refractivity contribution in [1.82, 2.24) is 29.7 Å². The van der Waals surface area contributed by atoms with Crippen molar-refractivity contribution < 1.29 is 19.1 Å². The van der Waals surface area contributed by atoms with E-state index in [1.165, 1.54) is 31.0 Å². The smallest absolute Gasteiger partial charge is 0.271 e. The summed E-state index contributed by atoms with van der Waals surface area (Å²) in [5.41, 5.74) is 1.61. The highest BCUT2D eigenvalue weighted by Gasteiger charge is 2.34. The van der Waals surface area contributed by atoms with E-state index >= 15 is 0 Å². The van der Waals surface area contributed by atoms with Gasteiger partial charge in [0.2, 0.25) is 5.88 Å². The summed E-state index contributed by atoms with van der Waals surface area (Å²) in [5, 5.41) is 18.5. The van der Waals surface area contributed by atoms with Crippen molar-refractivity contribution in [2.45, 2.75) is 25.2 Å². The van der Waals surface area contributed by atoms with E-state index in [0.717, 1.165) is 5.56 Å². The molecular weight excluding hydrogens is 470 g/mol. The van der Waals surface area contributed by atoms with Gasteiger partial charge in [0.05, 0.1) is 24.0 Å². The van der Waals surface area contributed by atoms with Gasteiger partial charge in [-0.05, 0) is 31.5 Å². The molecule has 3 aromatic heterocycles. The molecule has 0 saturated carbocycles. The third kappa shape index (κ3) is 4.97. The van der Waals surface area contributed by atoms with Crippen LogP contribution in [0.15, 0.2) is 42.9 Å². The van der Waals surface area contributed by atoms with Crippen LogP contribution in [0.5, 0.6) is 11.6 Å². The first-order valence-corrected chi connectivity index (χ1v) is 11.7. The molecule has 0 spiro atoms. The van der Waals surface area contributed by atoms with E-state index in [0.29, 0.717) is 17.2 Å². The summed E-state index contributed by atoms with van der Waals surface area (Å²) in [5.74, 6) is 0.784. The van der Waals surface area contributed by atoms with Crippen molar-refractivity contribution in [3.8, 4) is 28.7 Å². The molecule has 12 heteroatoms. The highest BCUT2D eigenvalue weighted by atomic mass is 32.2. The lowest BCUT2D eigenvalue weighted by Gasteiger charge is -2.24. The van der Waals surface area contributed by atoms with Crippen LogP contribution in [-0.4, -0.2) is 58.8 Å². The van der Waals surface area contributed by atoms with Crippen LogP contribution in [0.25, 0.3) is 17.1 Å². The first-order valence-electron chi connectivity index (χ1n) is 10.5. The summed E-state index contributed by atoms with van der Waals surface area (Å²) in [6, 6.07) is 12.5. The summed E-state index contributed by atoms with van der Waals surface area (Å²) in [7, 11) is 2.93. The Morgan fingerprint density at radius 2 is 1.94 bits per heavy atom. The summed E-state index contributed by atoms with van der Waals surface area (Å²) >= 11 is -1.73. The molecule has 11 nitrogen and oxygen atoms in total. The molecule has 180 valence electrons. The number of aryl methyl sites for hydroxylation is 1. The van der Waals surface area contributed by atoms with Gasteiger partial charge in [-0.3, -0.25) is 0 Å². The van der Waals surface area contributed by atoms with E-state index in [9.17, 15) is 9.66 Å². The van der Waals surface area contributed by atoms with E-state index in [-0.39, 0.29) is 23.3 Å². The second-order valence-electron chi connectivity index (χ2n) is 7.46. The fourth-order valence-corrected chi connectivity index (χ4v) is 4.31. The van der Waals surface area contributed by atoms with Crippen molar-refractivity contribution >= 4 is 17.3 Å². The average molecular weight is 494 g/mol. The van der Waals surface area contributed by atoms with Gasteiger partial charge in [0.1, 0.15) is 5.75 Å². The molecule has 0 bridgehead atoms. The van der Waals surface area contributed by atoms with Crippen LogP contribution in [-0.2, 0) is 16.1 Å². The molecule has 0 fully saturated rings. The quantitative estimate of drug-likeness (QED) is 0.334. The predicted octanol–water partition coefficient (Wildman–Crippen LogP) is 2.59. The number of hydrogen-bond acceptors (Lipinski definition) is 10. The molecule has 0 saturated heterocycles. The number of pyridine rings is 1. The topological polar surface area (TPSA) is 143 Å². The molecule has 0 aliphatic carbocycles. The molecule has 35 heavy (non-hydrogen) atoms. The van der Waals surface area contributed by atoms with Crippen LogP contribution in [0.4, 0.5) is 5.95 Å². The Hall–Kier alpha value is -3.92. The van der Waals surface area contributed by atoms with Crippen molar-refractivity contribution in [2.24, 2.45) is 0 Å². The van der Waals surface area contributed by atoms with Gasteiger partial charge in [-0.25, -0.2) is 19.5 Å². The number of rotatable bonds is 9. The largest absolute Gasteiger partial charge is 0.593 e. The number of anilines is 1. The maximum Gasteiger partial charge on any atom is 0.271 e. The molecule has 0 aliphatic heterocycles. The lowest BCUT2D eigenvalue weighted by molar-refractivity contribution is 0.0949. The summed E-state index contributed by atoms with van der Waals surface area (Å²) in [4.78, 5) is 12.8. The van der Waals surface area contributed by atoms with Gasteiger partial charge < -0.3 is 19.1 Å². The van der Waals surface area contributed by atoms with Crippen molar-refractivity contribution in [3.63, 3.8) is 0 Å². The number of aromatic hydroxyl groups is 1. The summed E-state index contributed by atoms with van der Waals surface area (Å²) in [6.45, 7) is 3.62. The van der Waals surface area contributed by atoms with E-state index in [4.69, 9.17) is 9.47 Å². The molecule has 3 heterocycles. The van der Waals surface area contributed by atoms with Gasteiger partial charge in [0.25, 0.3) is 5.95 Å². The number of nitrogens with one attached hydrogen (secondary N) is 1. The standard InChI is InChI=1S/C23H23N7O4S/c1-14-12-25-20(26-13-14)19(33-3)15(2)35(32)29-23-28-27-21(16-8-6-5-7-9-16)30(23)18-17(31)10-11-24-22(18)34-4/h5-6,8,10-13,15,19H,1-4H3,(H,24,31)(H,28,29). The van der Waals surface area contributed by atoms with Gasteiger partial charge >= 0.3 is 0 Å². The fourth-order valence-electron chi connectivity index (χ4n) is 3.36. The molecule has 2 N–H and O–H groups in total. The van der Waals surface area contributed by atoms with Crippen LogP contribution in [0, 0.1) is 19.1 Å². The zero-order valence-electron chi connectivity index (χ0n) is 19.5. The van der Waals surface area contributed by atoms with E-state index in [1.807, 2.05) is 6.92 Å². The van der Waals surface area contributed by atoms with Crippen LogP contribution in [0.2, 0.25) is 0 Å². The van der Waals surface area contributed by atoms with Crippen molar-refractivity contribution in [3.05, 3.63) is 66.4 Å². The zero-order valence-corrected chi connectivity index (χ0v) is 20.3. The highest BCUT2D eigenvalue weighted by Crippen LogP contribution is 2.36. The van der Waals surface area contributed by atoms with Gasteiger partial charge in [-0.1, -0.05) is 18.2 Å². The molecule has 1 aromatic carbocycles. The Balaban J connectivity index is 1.74. The van der Waals surface area contributed by atoms with Crippen LogP contribution in [0.3, 0.4) is 0 Å². The number of ether oxygens (including phenoxy) is 2. The van der Waals surface area contributed by atoms with Crippen LogP contribution >= 0.6 is 0 Å². The Morgan fingerprint density at radius 3 is 2.60 bits per heavy atom. The summed E-state index contributed by atoms with van der Waals surface area (Å²) in [6.07, 6.45) is 4.09. The van der Waals surface area contributed by atoms with E-state index in [1.54, 1.807) is 37.5 Å². The Labute approximate surface area is 205 Å². The predicted molar refractivity (Wildman–Crippen MR) is 128 cm³/mol. The van der Waals surface area contributed by atoms with Crippen LogP contribution in [0.1, 0.15) is 24.4 Å². The number of hydrogen-bond donors (Lipinski definition) is 2. The number of methoxy groups -OCH3 is 2. The molecule has 3 unspecified atom stereocenters. The van der Waals surface area contributed by atoms with Gasteiger partial charge in [-0.2, -0.15) is 4.72 Å². The Kier molecular flexibility index (Phi) is 7.31. The number of aromatic nitrogens is 6. The second kappa shape index (κ2) is 10.6. The zero-order chi connectivity index (χ0) is 24.9. The average Bonchev–Trinajstić information content (AvgIpc) is 3.28. The minimum Gasteiger partial charge on any atom is -0.593 e. The minimum absolute atomic E-state index is 0.0868. The van der Waals surface area contributed by atoms with Crippen molar-refractivity contribution in [2.75, 3.05) is 18.9 Å². The third-order valence-electron chi connectivity index (χ3n) is 5.10. The first kappa shape index (κ1) is 24.2. The van der Waals surface area contributed by atoms with Gasteiger partial charge in [0, 0.05) is 31.8 Å². The lowest BCUT2D eigenvalue weighted by Crippen LogP contribution is -2.33. The fraction of sp³-hybridized carbons (Fsp3) is 0.261. The first-order chi connectivity index (χ1) is 16.9. The molecule has 4 rings (SSSR count). The Bertz CT molecular complexity index is 1270. The molecule has 0 amide bonds. The lowest BCUT2D eigenvalue weighted by atomic mass is 10.2. The SMILES string of the molecule is COc1nccc(O)c1-n1c(N[S+]([O-])C(C)C(OC)c2ncc(C)cn2)nnc1-c1c#cccc1. The van der Waals surface area contributed by atoms with Crippen molar-refractivity contribution in [1.29, 1.82) is 0 Å². The molecule has 0 aliphatic rings.